The molecule has 0 aliphatic rings. The van der Waals surface area contributed by atoms with E-state index in [0.29, 0.717) is 5.92 Å². The van der Waals surface area contributed by atoms with E-state index < -0.39 is 0 Å². The average Bonchev–Trinajstić information content (AvgIpc) is 2.64. The van der Waals surface area contributed by atoms with Crippen LogP contribution >= 0.6 is 0 Å². The second-order valence-corrected chi connectivity index (χ2v) is 4.73. The molecular weight excluding hydrogens is 210 g/mol. The van der Waals surface area contributed by atoms with Gasteiger partial charge in [-0.1, -0.05) is 38.1 Å². The number of nitrogen functional groups attached to an aromatic ring is 1. The monoisotopic (exact) mass is 229 g/mol. The number of hydrogen-bond donors (Lipinski definition) is 1. The third-order valence-electron chi connectivity index (χ3n) is 3.00. The van der Waals surface area contributed by atoms with E-state index in [0.717, 1.165) is 18.1 Å². The summed E-state index contributed by atoms with van der Waals surface area (Å²) in [4.78, 5) is 0. The second-order valence-electron chi connectivity index (χ2n) is 4.73. The summed E-state index contributed by atoms with van der Waals surface area (Å²) < 4.78 is 1.87. The van der Waals surface area contributed by atoms with Gasteiger partial charge >= 0.3 is 0 Å². The Morgan fingerprint density at radius 2 is 2.00 bits per heavy atom. The van der Waals surface area contributed by atoms with Crippen LogP contribution in [0.15, 0.2) is 30.3 Å². The Hall–Kier alpha value is -1.77. The van der Waals surface area contributed by atoms with Gasteiger partial charge in [-0.3, -0.25) is 0 Å². The Bertz CT molecular complexity index is 512. The van der Waals surface area contributed by atoms with E-state index in [1.54, 1.807) is 0 Å². The maximum Gasteiger partial charge on any atom is 0.122 e. The molecule has 1 heterocycles. The smallest absolute Gasteiger partial charge is 0.122 e. The first kappa shape index (κ1) is 11.7. The minimum Gasteiger partial charge on any atom is -0.384 e. The van der Waals surface area contributed by atoms with Crippen LogP contribution in [0.4, 0.5) is 5.82 Å². The van der Waals surface area contributed by atoms with Gasteiger partial charge in [0.1, 0.15) is 5.82 Å². The van der Waals surface area contributed by atoms with Crippen molar-refractivity contribution in [2.45, 2.75) is 33.2 Å². The summed E-state index contributed by atoms with van der Waals surface area (Å²) in [6.07, 6.45) is 0. The molecular formula is C14H19N3. The van der Waals surface area contributed by atoms with Crippen molar-refractivity contribution in [3.63, 3.8) is 0 Å². The average molecular weight is 229 g/mol. The second kappa shape index (κ2) is 4.62. The summed E-state index contributed by atoms with van der Waals surface area (Å²) >= 11 is 0. The zero-order chi connectivity index (χ0) is 12.4. The Morgan fingerprint density at radius 3 is 2.59 bits per heavy atom. The lowest BCUT2D eigenvalue weighted by molar-refractivity contribution is 0.662. The molecule has 2 aromatic rings. The number of anilines is 1. The highest BCUT2D eigenvalue weighted by atomic mass is 15.3. The minimum atomic E-state index is 0.412. The van der Waals surface area contributed by atoms with Gasteiger partial charge in [-0.05, 0) is 24.0 Å². The minimum absolute atomic E-state index is 0.412. The van der Waals surface area contributed by atoms with Crippen molar-refractivity contribution in [2.24, 2.45) is 0 Å². The molecule has 0 aliphatic heterocycles. The number of aryl methyl sites for hydroxylation is 1. The molecule has 0 unspecified atom stereocenters. The summed E-state index contributed by atoms with van der Waals surface area (Å²) in [5, 5.41) is 4.54. The Balaban J connectivity index is 2.27. The molecule has 3 heteroatoms. The van der Waals surface area contributed by atoms with Gasteiger partial charge in [0.05, 0.1) is 12.2 Å². The summed E-state index contributed by atoms with van der Waals surface area (Å²) in [6.45, 7) is 7.10. The van der Waals surface area contributed by atoms with E-state index in [-0.39, 0.29) is 0 Å². The lowest BCUT2D eigenvalue weighted by Gasteiger charge is -2.07. The first-order valence-electron chi connectivity index (χ1n) is 5.95. The van der Waals surface area contributed by atoms with Crippen LogP contribution in [0.1, 0.15) is 36.6 Å². The van der Waals surface area contributed by atoms with Gasteiger partial charge in [0.2, 0.25) is 0 Å². The van der Waals surface area contributed by atoms with Gasteiger partial charge in [-0.25, -0.2) is 4.68 Å². The van der Waals surface area contributed by atoms with Gasteiger partial charge in [0.25, 0.3) is 0 Å². The Morgan fingerprint density at radius 1 is 1.29 bits per heavy atom. The van der Waals surface area contributed by atoms with E-state index in [9.17, 15) is 0 Å². The van der Waals surface area contributed by atoms with Crippen molar-refractivity contribution < 1.29 is 0 Å². The highest BCUT2D eigenvalue weighted by molar-refractivity contribution is 5.34. The predicted octanol–water partition coefficient (Wildman–Crippen LogP) is 2.95. The normalized spacial score (nSPS) is 11.1. The van der Waals surface area contributed by atoms with Crippen molar-refractivity contribution in [1.82, 2.24) is 9.78 Å². The number of nitrogens with zero attached hydrogens (tertiary/aromatic N) is 2. The SMILES string of the molecule is Cc1ccccc1Cn1nc(C(C)C)cc1N. The number of hydrogen-bond acceptors (Lipinski definition) is 2. The molecule has 0 bridgehead atoms. The zero-order valence-corrected chi connectivity index (χ0v) is 10.6. The van der Waals surface area contributed by atoms with Gasteiger partial charge in [0.15, 0.2) is 0 Å². The van der Waals surface area contributed by atoms with Gasteiger partial charge in [-0.2, -0.15) is 5.10 Å². The van der Waals surface area contributed by atoms with E-state index in [2.05, 4.69) is 38.0 Å². The van der Waals surface area contributed by atoms with Crippen molar-refractivity contribution in [3.05, 3.63) is 47.2 Å². The van der Waals surface area contributed by atoms with Crippen LogP contribution in [0, 0.1) is 6.92 Å². The molecule has 0 saturated carbocycles. The number of nitrogens with two attached hydrogens (primary N) is 1. The van der Waals surface area contributed by atoms with Crippen LogP contribution in [-0.2, 0) is 6.54 Å². The number of benzene rings is 1. The van der Waals surface area contributed by atoms with Crippen molar-refractivity contribution in [1.29, 1.82) is 0 Å². The number of aromatic nitrogens is 2. The van der Waals surface area contributed by atoms with Crippen LogP contribution in [-0.4, -0.2) is 9.78 Å². The maximum absolute atomic E-state index is 5.98. The highest BCUT2D eigenvalue weighted by Crippen LogP contribution is 2.17. The molecule has 2 rings (SSSR count). The highest BCUT2D eigenvalue weighted by Gasteiger charge is 2.09. The molecule has 0 aliphatic carbocycles. The maximum atomic E-state index is 5.98. The first-order chi connectivity index (χ1) is 8.08. The van der Waals surface area contributed by atoms with Crippen LogP contribution in [0.5, 0.6) is 0 Å². The fourth-order valence-corrected chi connectivity index (χ4v) is 1.81. The molecule has 2 N–H and O–H groups in total. The summed E-state index contributed by atoms with van der Waals surface area (Å²) in [5.41, 5.74) is 9.56. The molecule has 0 radical (unpaired) electrons. The summed E-state index contributed by atoms with van der Waals surface area (Å²) in [7, 11) is 0. The topological polar surface area (TPSA) is 43.8 Å². The van der Waals surface area contributed by atoms with Gasteiger partial charge in [0, 0.05) is 6.07 Å². The third-order valence-corrected chi connectivity index (χ3v) is 3.00. The third kappa shape index (κ3) is 2.49. The fourth-order valence-electron chi connectivity index (χ4n) is 1.81. The van der Waals surface area contributed by atoms with E-state index in [4.69, 9.17) is 5.73 Å². The number of rotatable bonds is 3. The summed E-state index contributed by atoms with van der Waals surface area (Å²) in [6, 6.07) is 10.3. The molecule has 0 fully saturated rings. The van der Waals surface area contributed by atoms with Crippen LogP contribution in [0.3, 0.4) is 0 Å². The van der Waals surface area contributed by atoms with Crippen molar-refractivity contribution in [2.75, 3.05) is 5.73 Å². The summed E-state index contributed by atoms with van der Waals surface area (Å²) in [5.74, 6) is 1.15. The molecule has 0 saturated heterocycles. The predicted molar refractivity (Wildman–Crippen MR) is 71.0 cm³/mol. The van der Waals surface area contributed by atoms with Crippen LogP contribution in [0.25, 0.3) is 0 Å². The fraction of sp³-hybridized carbons (Fsp3) is 0.357. The molecule has 0 amide bonds. The van der Waals surface area contributed by atoms with E-state index in [1.165, 1.54) is 11.1 Å². The zero-order valence-electron chi connectivity index (χ0n) is 10.6. The lowest BCUT2D eigenvalue weighted by atomic mass is 10.1. The van der Waals surface area contributed by atoms with Crippen molar-refractivity contribution >= 4 is 5.82 Å². The van der Waals surface area contributed by atoms with E-state index in [1.807, 2.05) is 22.9 Å². The quantitative estimate of drug-likeness (QED) is 0.879. The Kier molecular flexibility index (Phi) is 3.18. The molecule has 0 atom stereocenters. The largest absolute Gasteiger partial charge is 0.384 e. The van der Waals surface area contributed by atoms with Gasteiger partial charge in [-0.15, -0.1) is 0 Å². The molecule has 3 nitrogen and oxygen atoms in total. The first-order valence-corrected chi connectivity index (χ1v) is 5.95. The van der Waals surface area contributed by atoms with Crippen LogP contribution < -0.4 is 5.73 Å². The molecule has 1 aromatic heterocycles. The molecule has 0 spiro atoms. The van der Waals surface area contributed by atoms with Gasteiger partial charge < -0.3 is 5.73 Å². The molecule has 1 aromatic carbocycles. The molecule has 17 heavy (non-hydrogen) atoms. The standard InChI is InChI=1S/C14H19N3/c1-10(2)13-8-14(15)17(16-13)9-12-7-5-4-6-11(12)3/h4-8,10H,9,15H2,1-3H3. The molecule has 90 valence electrons. The Labute approximate surface area is 102 Å². The lowest BCUT2D eigenvalue weighted by Crippen LogP contribution is -2.07. The van der Waals surface area contributed by atoms with E-state index >= 15 is 0 Å². The van der Waals surface area contributed by atoms with Crippen LogP contribution in [0.2, 0.25) is 0 Å². The van der Waals surface area contributed by atoms with Crippen molar-refractivity contribution in [3.8, 4) is 0 Å².